The van der Waals surface area contributed by atoms with Gasteiger partial charge in [-0.05, 0) is 25.5 Å². The zero-order valence-corrected chi connectivity index (χ0v) is 9.37. The molecule has 0 aliphatic heterocycles. The van der Waals surface area contributed by atoms with Gasteiger partial charge in [0.25, 0.3) is 0 Å². The first-order valence-corrected chi connectivity index (χ1v) is 5.13. The van der Waals surface area contributed by atoms with Crippen molar-refractivity contribution < 1.29 is 13.9 Å². The second-order valence-corrected chi connectivity index (χ2v) is 3.34. The van der Waals surface area contributed by atoms with Crippen LogP contribution < -0.4 is 5.32 Å². The van der Waals surface area contributed by atoms with Gasteiger partial charge in [0.2, 0.25) is 0 Å². The SMILES string of the molecule is CCOC(=O)CNC(C)c1cncc(F)c1. The second kappa shape index (κ2) is 6.17. The summed E-state index contributed by atoms with van der Waals surface area (Å²) >= 11 is 0. The molecule has 16 heavy (non-hydrogen) atoms. The van der Waals surface area contributed by atoms with Gasteiger partial charge in [-0.3, -0.25) is 9.78 Å². The van der Waals surface area contributed by atoms with E-state index >= 15 is 0 Å². The number of nitrogens with one attached hydrogen (secondary N) is 1. The van der Waals surface area contributed by atoms with Crippen molar-refractivity contribution in [2.45, 2.75) is 19.9 Å². The molecule has 0 spiro atoms. The molecule has 0 radical (unpaired) electrons. The molecule has 0 fully saturated rings. The first-order chi connectivity index (χ1) is 7.63. The van der Waals surface area contributed by atoms with Crippen LogP contribution >= 0.6 is 0 Å². The van der Waals surface area contributed by atoms with Crippen LogP contribution in [0, 0.1) is 5.82 Å². The quantitative estimate of drug-likeness (QED) is 0.772. The molecule has 0 aliphatic carbocycles. The Morgan fingerprint density at radius 3 is 3.00 bits per heavy atom. The third-order valence-corrected chi connectivity index (χ3v) is 2.08. The minimum absolute atomic E-state index is 0.103. The van der Waals surface area contributed by atoms with E-state index in [4.69, 9.17) is 4.74 Å². The number of ether oxygens (including phenoxy) is 1. The van der Waals surface area contributed by atoms with Crippen LogP contribution in [0.5, 0.6) is 0 Å². The molecule has 0 bridgehead atoms. The summed E-state index contributed by atoms with van der Waals surface area (Å²) in [6.07, 6.45) is 2.70. The molecule has 1 heterocycles. The van der Waals surface area contributed by atoms with Crippen molar-refractivity contribution in [2.75, 3.05) is 13.2 Å². The molecule has 0 aromatic carbocycles. The molecule has 5 heteroatoms. The average molecular weight is 226 g/mol. The van der Waals surface area contributed by atoms with Gasteiger partial charge in [-0.15, -0.1) is 0 Å². The van der Waals surface area contributed by atoms with Crippen molar-refractivity contribution >= 4 is 5.97 Å². The summed E-state index contributed by atoms with van der Waals surface area (Å²) in [6.45, 7) is 4.04. The van der Waals surface area contributed by atoms with Crippen LogP contribution in [0.15, 0.2) is 18.5 Å². The van der Waals surface area contributed by atoms with E-state index in [-0.39, 0.29) is 24.4 Å². The second-order valence-electron chi connectivity index (χ2n) is 3.34. The summed E-state index contributed by atoms with van der Waals surface area (Å²) in [5.41, 5.74) is 0.698. The predicted octanol–water partition coefficient (Wildman–Crippen LogP) is 1.43. The number of pyridine rings is 1. The van der Waals surface area contributed by atoms with E-state index in [0.29, 0.717) is 12.2 Å². The third kappa shape index (κ3) is 3.94. The lowest BCUT2D eigenvalue weighted by atomic mass is 10.1. The summed E-state index contributed by atoms with van der Waals surface area (Å²) in [7, 11) is 0. The minimum atomic E-state index is -0.387. The average Bonchev–Trinajstić information content (AvgIpc) is 2.26. The third-order valence-electron chi connectivity index (χ3n) is 2.08. The molecule has 1 rings (SSSR count). The Kier molecular flexibility index (Phi) is 4.85. The van der Waals surface area contributed by atoms with Crippen LogP contribution in [0.3, 0.4) is 0 Å². The topological polar surface area (TPSA) is 51.2 Å². The molecule has 1 atom stereocenters. The molecule has 4 nitrogen and oxygen atoms in total. The molecule has 1 N–H and O–H groups in total. The van der Waals surface area contributed by atoms with E-state index in [2.05, 4.69) is 10.3 Å². The maximum Gasteiger partial charge on any atom is 0.319 e. The number of esters is 1. The number of hydrogen-bond acceptors (Lipinski definition) is 4. The Morgan fingerprint density at radius 1 is 1.62 bits per heavy atom. The summed E-state index contributed by atoms with van der Waals surface area (Å²) in [5, 5.41) is 2.93. The van der Waals surface area contributed by atoms with Gasteiger partial charge in [-0.2, -0.15) is 0 Å². The normalized spacial score (nSPS) is 12.2. The summed E-state index contributed by atoms with van der Waals surface area (Å²) in [4.78, 5) is 14.8. The highest BCUT2D eigenvalue weighted by Crippen LogP contribution is 2.11. The smallest absolute Gasteiger partial charge is 0.319 e. The summed E-state index contributed by atoms with van der Waals surface area (Å²) in [6, 6.07) is 1.24. The van der Waals surface area contributed by atoms with Gasteiger partial charge in [0, 0.05) is 12.2 Å². The van der Waals surface area contributed by atoms with Crippen LogP contribution in [-0.2, 0) is 9.53 Å². The van der Waals surface area contributed by atoms with Gasteiger partial charge >= 0.3 is 5.97 Å². The van der Waals surface area contributed by atoms with Crippen molar-refractivity contribution in [1.82, 2.24) is 10.3 Å². The molecular formula is C11H15FN2O2. The molecule has 0 saturated heterocycles. The summed E-state index contributed by atoms with van der Waals surface area (Å²) in [5.74, 6) is -0.707. The maximum absolute atomic E-state index is 12.9. The Balaban J connectivity index is 2.46. The van der Waals surface area contributed by atoms with Gasteiger partial charge < -0.3 is 10.1 Å². The van der Waals surface area contributed by atoms with Crippen LogP contribution in [0.25, 0.3) is 0 Å². The van der Waals surface area contributed by atoms with E-state index in [0.717, 1.165) is 6.20 Å². The predicted molar refractivity (Wildman–Crippen MR) is 57.2 cm³/mol. The number of carbonyl (C=O) groups is 1. The number of nitrogens with zero attached hydrogens (tertiary/aromatic N) is 1. The van der Waals surface area contributed by atoms with E-state index < -0.39 is 0 Å². The van der Waals surface area contributed by atoms with Crippen LogP contribution in [0.1, 0.15) is 25.5 Å². The Bertz CT molecular complexity index is 358. The van der Waals surface area contributed by atoms with Gasteiger partial charge in [-0.25, -0.2) is 4.39 Å². The molecule has 0 amide bonds. The maximum atomic E-state index is 12.9. The zero-order chi connectivity index (χ0) is 12.0. The van der Waals surface area contributed by atoms with Crippen molar-refractivity contribution in [1.29, 1.82) is 0 Å². The fraction of sp³-hybridized carbons (Fsp3) is 0.455. The highest BCUT2D eigenvalue weighted by molar-refractivity contribution is 5.71. The van der Waals surface area contributed by atoms with Crippen molar-refractivity contribution in [3.63, 3.8) is 0 Å². The molecular weight excluding hydrogens is 211 g/mol. The van der Waals surface area contributed by atoms with Crippen LogP contribution in [-0.4, -0.2) is 24.1 Å². The van der Waals surface area contributed by atoms with E-state index in [9.17, 15) is 9.18 Å². The monoisotopic (exact) mass is 226 g/mol. The lowest BCUT2D eigenvalue weighted by Gasteiger charge is -2.13. The fourth-order valence-electron chi connectivity index (χ4n) is 1.23. The highest BCUT2D eigenvalue weighted by Gasteiger charge is 2.08. The van der Waals surface area contributed by atoms with E-state index in [1.54, 1.807) is 13.1 Å². The number of carbonyl (C=O) groups excluding carboxylic acids is 1. The summed E-state index contributed by atoms with van der Waals surface area (Å²) < 4.78 is 17.6. The first-order valence-electron chi connectivity index (χ1n) is 5.13. The van der Waals surface area contributed by atoms with E-state index in [1.807, 2.05) is 6.92 Å². The number of rotatable bonds is 5. The standard InChI is InChI=1S/C11H15FN2O2/c1-3-16-11(15)7-14-8(2)9-4-10(12)6-13-5-9/h4-6,8,14H,3,7H2,1-2H3. The molecule has 1 unspecified atom stereocenters. The Morgan fingerprint density at radius 2 is 2.38 bits per heavy atom. The first kappa shape index (κ1) is 12.6. The molecule has 1 aromatic heterocycles. The largest absolute Gasteiger partial charge is 0.465 e. The van der Waals surface area contributed by atoms with Gasteiger partial charge in [0.05, 0.1) is 19.3 Å². The number of aromatic nitrogens is 1. The van der Waals surface area contributed by atoms with Gasteiger partial charge in [-0.1, -0.05) is 0 Å². The lowest BCUT2D eigenvalue weighted by Crippen LogP contribution is -2.27. The molecule has 0 saturated carbocycles. The highest BCUT2D eigenvalue weighted by atomic mass is 19.1. The van der Waals surface area contributed by atoms with Crippen molar-refractivity contribution in [3.8, 4) is 0 Å². The van der Waals surface area contributed by atoms with Gasteiger partial charge in [0.1, 0.15) is 5.82 Å². The number of hydrogen-bond donors (Lipinski definition) is 1. The molecule has 1 aromatic rings. The van der Waals surface area contributed by atoms with Gasteiger partial charge in [0.15, 0.2) is 0 Å². The van der Waals surface area contributed by atoms with E-state index in [1.165, 1.54) is 6.07 Å². The molecule has 88 valence electrons. The zero-order valence-electron chi connectivity index (χ0n) is 9.37. The van der Waals surface area contributed by atoms with Crippen molar-refractivity contribution in [3.05, 3.63) is 29.8 Å². The minimum Gasteiger partial charge on any atom is -0.465 e. The fourth-order valence-corrected chi connectivity index (χ4v) is 1.23. The van der Waals surface area contributed by atoms with Crippen LogP contribution in [0.2, 0.25) is 0 Å². The molecule has 0 aliphatic rings. The number of halogens is 1. The Hall–Kier alpha value is -1.49. The van der Waals surface area contributed by atoms with Crippen LogP contribution in [0.4, 0.5) is 4.39 Å². The lowest BCUT2D eigenvalue weighted by molar-refractivity contribution is -0.142. The van der Waals surface area contributed by atoms with Crippen molar-refractivity contribution in [2.24, 2.45) is 0 Å². The Labute approximate surface area is 93.8 Å².